The van der Waals surface area contributed by atoms with Gasteiger partial charge in [0.2, 0.25) is 5.91 Å². The number of fused-ring (bicyclic) bond motifs is 1. The van der Waals surface area contributed by atoms with E-state index in [0.717, 1.165) is 23.4 Å². The van der Waals surface area contributed by atoms with Crippen molar-refractivity contribution in [2.45, 2.75) is 31.7 Å². The van der Waals surface area contributed by atoms with Gasteiger partial charge in [-0.3, -0.25) is 9.59 Å². The molecule has 0 fully saturated rings. The molecule has 2 aromatic heterocycles. The molecule has 1 atom stereocenters. The molecule has 3 nitrogen and oxygen atoms in total. The monoisotopic (exact) mass is 395 g/mol. The molecule has 1 aromatic carbocycles. The number of rotatable bonds is 6. The number of carbonyl (C=O) groups is 2. The number of hydrogen-bond donors (Lipinski definition) is 0. The van der Waals surface area contributed by atoms with Crippen molar-refractivity contribution in [1.82, 2.24) is 4.90 Å². The summed E-state index contributed by atoms with van der Waals surface area (Å²) in [7, 11) is 0. The van der Waals surface area contributed by atoms with Gasteiger partial charge in [0.1, 0.15) is 0 Å². The Hall–Kier alpha value is -2.24. The normalized spacial score (nSPS) is 16.1. The number of thiophene rings is 2. The first-order chi connectivity index (χ1) is 13.2. The van der Waals surface area contributed by atoms with Gasteiger partial charge >= 0.3 is 0 Å². The molecule has 3 heterocycles. The molecule has 0 aliphatic carbocycles. The fourth-order valence-corrected chi connectivity index (χ4v) is 5.28. The van der Waals surface area contributed by atoms with Crippen LogP contribution in [0.25, 0.3) is 0 Å². The summed E-state index contributed by atoms with van der Waals surface area (Å²) in [6.45, 7) is 0.741. The van der Waals surface area contributed by atoms with E-state index in [2.05, 4.69) is 23.6 Å². The van der Waals surface area contributed by atoms with Crippen LogP contribution in [0.1, 0.15) is 51.0 Å². The molecule has 0 bridgehead atoms. The quantitative estimate of drug-likeness (QED) is 0.529. The van der Waals surface area contributed by atoms with Crippen LogP contribution in [0.2, 0.25) is 0 Å². The first-order valence-corrected chi connectivity index (χ1v) is 11.0. The summed E-state index contributed by atoms with van der Waals surface area (Å²) in [4.78, 5) is 29.3. The lowest BCUT2D eigenvalue weighted by Gasteiger charge is -2.36. The van der Waals surface area contributed by atoms with Crippen LogP contribution in [-0.2, 0) is 11.2 Å². The largest absolute Gasteiger partial charge is 0.331 e. The molecule has 0 saturated heterocycles. The third kappa shape index (κ3) is 3.89. The van der Waals surface area contributed by atoms with Crippen LogP contribution in [0.3, 0.4) is 0 Å². The third-order valence-corrected chi connectivity index (χ3v) is 6.90. The second-order valence-corrected chi connectivity index (χ2v) is 8.65. The Morgan fingerprint density at radius 3 is 2.59 bits per heavy atom. The SMILES string of the molecule is O=C(CCCC(=O)N1CCc2sccc2[C@H]1c1ccccc1)c1cccs1. The minimum absolute atomic E-state index is 0.0123. The van der Waals surface area contributed by atoms with E-state index in [1.165, 1.54) is 21.8 Å². The van der Waals surface area contributed by atoms with Crippen LogP contribution < -0.4 is 0 Å². The maximum atomic E-state index is 13.0. The lowest BCUT2D eigenvalue weighted by Crippen LogP contribution is -2.40. The summed E-state index contributed by atoms with van der Waals surface area (Å²) >= 11 is 3.24. The standard InChI is InChI=1S/C22H21NO2S2/c24-18(20-9-5-14-26-20)8-4-10-21(25)23-13-11-19-17(12-15-27-19)22(23)16-6-2-1-3-7-16/h1-3,5-7,9,12,14-15,22H,4,8,10-11,13H2/t22-/m1/s1. The van der Waals surface area contributed by atoms with Gasteiger partial charge in [-0.15, -0.1) is 22.7 Å². The Labute approximate surface area is 167 Å². The number of amides is 1. The van der Waals surface area contributed by atoms with Crippen molar-refractivity contribution in [3.05, 3.63) is 80.2 Å². The van der Waals surface area contributed by atoms with Gasteiger partial charge in [0.05, 0.1) is 10.9 Å². The van der Waals surface area contributed by atoms with Crippen LogP contribution in [-0.4, -0.2) is 23.1 Å². The van der Waals surface area contributed by atoms with Gasteiger partial charge in [-0.05, 0) is 46.9 Å². The maximum absolute atomic E-state index is 13.0. The van der Waals surface area contributed by atoms with Crippen LogP contribution >= 0.6 is 22.7 Å². The van der Waals surface area contributed by atoms with Gasteiger partial charge < -0.3 is 4.90 Å². The zero-order valence-corrected chi connectivity index (χ0v) is 16.6. The molecule has 1 aliphatic heterocycles. The number of carbonyl (C=O) groups excluding carboxylic acids is 2. The molecule has 0 radical (unpaired) electrons. The smallest absolute Gasteiger partial charge is 0.223 e. The molecular formula is C22H21NO2S2. The minimum atomic E-state index is -0.0123. The summed E-state index contributed by atoms with van der Waals surface area (Å²) in [6, 6.07) is 16.1. The predicted octanol–water partition coefficient (Wildman–Crippen LogP) is 5.34. The van der Waals surface area contributed by atoms with Crippen LogP contribution in [0.5, 0.6) is 0 Å². The van der Waals surface area contributed by atoms with E-state index in [1.54, 1.807) is 11.3 Å². The van der Waals surface area contributed by atoms with E-state index >= 15 is 0 Å². The fraction of sp³-hybridized carbons (Fsp3) is 0.273. The van der Waals surface area contributed by atoms with Gasteiger partial charge in [-0.25, -0.2) is 0 Å². The Balaban J connectivity index is 1.46. The molecule has 1 amide bonds. The van der Waals surface area contributed by atoms with Gasteiger partial charge in [-0.2, -0.15) is 0 Å². The number of benzene rings is 1. The van der Waals surface area contributed by atoms with Crippen LogP contribution in [0, 0.1) is 0 Å². The molecular weight excluding hydrogens is 374 g/mol. The summed E-state index contributed by atoms with van der Waals surface area (Å²) in [5, 5.41) is 4.03. The highest BCUT2D eigenvalue weighted by atomic mass is 32.1. The van der Waals surface area contributed by atoms with Gasteiger partial charge in [0.15, 0.2) is 5.78 Å². The van der Waals surface area contributed by atoms with E-state index in [4.69, 9.17) is 0 Å². The zero-order chi connectivity index (χ0) is 18.6. The van der Waals surface area contributed by atoms with E-state index in [9.17, 15) is 9.59 Å². The molecule has 1 aliphatic rings. The third-order valence-electron chi connectivity index (χ3n) is 4.99. The summed E-state index contributed by atoms with van der Waals surface area (Å²) in [5.41, 5.74) is 2.40. The number of Topliss-reactive ketones (excluding diaryl/α,β-unsaturated/α-hetero) is 1. The van der Waals surface area contributed by atoms with Gasteiger partial charge in [0, 0.05) is 24.3 Å². The van der Waals surface area contributed by atoms with Crippen molar-refractivity contribution < 1.29 is 9.59 Å². The highest BCUT2D eigenvalue weighted by Gasteiger charge is 2.32. The number of nitrogens with zero attached hydrogens (tertiary/aromatic N) is 1. The highest BCUT2D eigenvalue weighted by Crippen LogP contribution is 2.38. The van der Waals surface area contributed by atoms with Gasteiger partial charge in [0.25, 0.3) is 0 Å². The Kier molecular flexibility index (Phi) is 5.50. The Morgan fingerprint density at radius 1 is 0.963 bits per heavy atom. The highest BCUT2D eigenvalue weighted by molar-refractivity contribution is 7.12. The Morgan fingerprint density at radius 2 is 1.81 bits per heavy atom. The molecule has 3 aromatic rings. The van der Waals surface area contributed by atoms with Crippen LogP contribution in [0.4, 0.5) is 0 Å². The molecule has 0 spiro atoms. The van der Waals surface area contributed by atoms with Crippen molar-refractivity contribution >= 4 is 34.4 Å². The van der Waals surface area contributed by atoms with Crippen molar-refractivity contribution in [2.75, 3.05) is 6.54 Å². The predicted molar refractivity (Wildman–Crippen MR) is 111 cm³/mol. The second-order valence-electron chi connectivity index (χ2n) is 6.70. The maximum Gasteiger partial charge on any atom is 0.223 e. The van der Waals surface area contributed by atoms with Crippen molar-refractivity contribution in [3.8, 4) is 0 Å². The van der Waals surface area contributed by atoms with E-state index in [1.807, 2.05) is 40.6 Å². The van der Waals surface area contributed by atoms with E-state index in [0.29, 0.717) is 19.3 Å². The first kappa shape index (κ1) is 18.1. The Bertz CT molecular complexity index is 915. The summed E-state index contributed by atoms with van der Waals surface area (Å²) in [5.74, 6) is 0.274. The summed E-state index contributed by atoms with van der Waals surface area (Å²) < 4.78 is 0. The molecule has 27 heavy (non-hydrogen) atoms. The van der Waals surface area contributed by atoms with Crippen molar-refractivity contribution in [1.29, 1.82) is 0 Å². The fourth-order valence-electron chi connectivity index (χ4n) is 3.68. The number of ketones is 1. The zero-order valence-electron chi connectivity index (χ0n) is 15.0. The van der Waals surface area contributed by atoms with E-state index < -0.39 is 0 Å². The minimum Gasteiger partial charge on any atom is -0.331 e. The molecule has 0 saturated carbocycles. The topological polar surface area (TPSA) is 37.4 Å². The van der Waals surface area contributed by atoms with Gasteiger partial charge in [-0.1, -0.05) is 36.4 Å². The lowest BCUT2D eigenvalue weighted by atomic mass is 9.93. The molecule has 0 unspecified atom stereocenters. The molecule has 138 valence electrons. The lowest BCUT2D eigenvalue weighted by molar-refractivity contribution is -0.133. The van der Waals surface area contributed by atoms with E-state index in [-0.39, 0.29) is 17.7 Å². The second kappa shape index (κ2) is 8.19. The first-order valence-electron chi connectivity index (χ1n) is 9.21. The van der Waals surface area contributed by atoms with Crippen molar-refractivity contribution in [2.24, 2.45) is 0 Å². The van der Waals surface area contributed by atoms with Crippen LogP contribution in [0.15, 0.2) is 59.3 Å². The number of hydrogen-bond acceptors (Lipinski definition) is 4. The average molecular weight is 396 g/mol. The molecule has 5 heteroatoms. The molecule has 4 rings (SSSR count). The average Bonchev–Trinajstić information content (AvgIpc) is 3.39. The molecule has 0 N–H and O–H groups in total. The van der Waals surface area contributed by atoms with Crippen molar-refractivity contribution in [3.63, 3.8) is 0 Å². The summed E-state index contributed by atoms with van der Waals surface area (Å²) in [6.07, 6.45) is 2.36.